The molecule has 3 heteroatoms. The van der Waals surface area contributed by atoms with Crippen molar-refractivity contribution >= 4 is 22.5 Å². The molecule has 0 aliphatic carbocycles. The van der Waals surface area contributed by atoms with E-state index in [1.165, 1.54) is 16.9 Å². The maximum absolute atomic E-state index is 5.48. The van der Waals surface area contributed by atoms with E-state index in [2.05, 4.69) is 4.98 Å². The van der Waals surface area contributed by atoms with E-state index >= 15 is 0 Å². The van der Waals surface area contributed by atoms with Gasteiger partial charge in [0.15, 0.2) is 5.13 Å². The van der Waals surface area contributed by atoms with Crippen LogP contribution in [0, 0.1) is 0 Å². The lowest BCUT2D eigenvalue weighted by atomic mass is 10.2. The summed E-state index contributed by atoms with van der Waals surface area (Å²) in [5, 5.41) is 2.56. The van der Waals surface area contributed by atoms with Crippen LogP contribution >= 0.6 is 11.3 Å². The van der Waals surface area contributed by atoms with Crippen LogP contribution in [-0.4, -0.2) is 4.98 Å². The molecule has 0 aliphatic heterocycles. The van der Waals surface area contributed by atoms with Gasteiger partial charge in [0.2, 0.25) is 0 Å². The van der Waals surface area contributed by atoms with Crippen LogP contribution in [0.4, 0.5) is 5.13 Å². The van der Waals surface area contributed by atoms with Gasteiger partial charge in [-0.15, -0.1) is 11.3 Å². The highest BCUT2D eigenvalue weighted by atomic mass is 32.1. The summed E-state index contributed by atoms with van der Waals surface area (Å²) in [6, 6.07) is 0. The van der Waals surface area contributed by atoms with Crippen LogP contribution < -0.4 is 5.73 Å². The molecule has 1 heterocycles. The highest BCUT2D eigenvalue weighted by Crippen LogP contribution is 2.12. The summed E-state index contributed by atoms with van der Waals surface area (Å²) < 4.78 is 0. The predicted octanol–water partition coefficient (Wildman–Crippen LogP) is 2.70. The van der Waals surface area contributed by atoms with Crippen molar-refractivity contribution in [3.8, 4) is 0 Å². The molecule has 0 atom stereocenters. The van der Waals surface area contributed by atoms with Crippen molar-refractivity contribution in [1.29, 1.82) is 0 Å². The third kappa shape index (κ3) is 2.51. The van der Waals surface area contributed by atoms with E-state index in [4.69, 9.17) is 5.73 Å². The molecule has 0 bridgehead atoms. The van der Waals surface area contributed by atoms with Gasteiger partial charge in [0, 0.05) is 5.38 Å². The van der Waals surface area contributed by atoms with Gasteiger partial charge in [-0.2, -0.15) is 0 Å². The highest BCUT2D eigenvalue weighted by molar-refractivity contribution is 7.13. The summed E-state index contributed by atoms with van der Waals surface area (Å²) in [6.07, 6.45) is 6.03. The summed E-state index contributed by atoms with van der Waals surface area (Å²) >= 11 is 1.46. The Balaban J connectivity index is 2.69. The van der Waals surface area contributed by atoms with E-state index in [9.17, 15) is 0 Å². The first-order valence-electron chi connectivity index (χ1n) is 3.74. The minimum Gasteiger partial charge on any atom is -0.375 e. The molecule has 0 unspecified atom stereocenters. The number of anilines is 1. The van der Waals surface area contributed by atoms with Crippen LogP contribution in [0.15, 0.2) is 23.1 Å². The fourth-order valence-corrected chi connectivity index (χ4v) is 1.22. The van der Waals surface area contributed by atoms with Gasteiger partial charge in [0.05, 0.1) is 5.69 Å². The average Bonchev–Trinajstić information content (AvgIpc) is 2.47. The second kappa shape index (κ2) is 4.07. The van der Waals surface area contributed by atoms with Gasteiger partial charge >= 0.3 is 0 Å². The Morgan fingerprint density at radius 3 is 2.92 bits per heavy atom. The van der Waals surface area contributed by atoms with Crippen molar-refractivity contribution in [3.63, 3.8) is 0 Å². The summed E-state index contributed by atoms with van der Waals surface area (Å²) in [6.45, 7) is 4.06. The zero-order chi connectivity index (χ0) is 8.97. The molecule has 0 radical (unpaired) electrons. The number of aromatic nitrogens is 1. The van der Waals surface area contributed by atoms with E-state index in [0.717, 1.165) is 5.69 Å². The smallest absolute Gasteiger partial charge is 0.180 e. The molecule has 2 N–H and O–H groups in total. The lowest BCUT2D eigenvalue weighted by Gasteiger charge is -1.86. The maximum Gasteiger partial charge on any atom is 0.180 e. The Hall–Kier alpha value is -1.09. The highest BCUT2D eigenvalue weighted by Gasteiger charge is 1.91. The molecule has 64 valence electrons. The molecule has 2 nitrogen and oxygen atoms in total. The lowest BCUT2D eigenvalue weighted by molar-refractivity contribution is 1.38. The van der Waals surface area contributed by atoms with Crippen molar-refractivity contribution in [2.75, 3.05) is 5.73 Å². The number of allylic oxidation sites excluding steroid dienone is 3. The Morgan fingerprint density at radius 2 is 2.42 bits per heavy atom. The molecule has 1 rings (SSSR count). The minimum atomic E-state index is 0.618. The van der Waals surface area contributed by atoms with E-state index in [-0.39, 0.29) is 0 Å². The maximum atomic E-state index is 5.48. The molecule has 0 fully saturated rings. The first kappa shape index (κ1) is 9.00. The average molecular weight is 180 g/mol. The predicted molar refractivity (Wildman–Crippen MR) is 55.0 cm³/mol. The molecule has 0 saturated carbocycles. The zero-order valence-electron chi connectivity index (χ0n) is 7.24. The van der Waals surface area contributed by atoms with Crippen LogP contribution in [0.25, 0.3) is 6.08 Å². The monoisotopic (exact) mass is 180 g/mol. The van der Waals surface area contributed by atoms with Crippen LogP contribution in [0.3, 0.4) is 0 Å². The third-order valence-corrected chi connectivity index (χ3v) is 2.20. The molecular weight excluding hydrogens is 168 g/mol. The van der Waals surface area contributed by atoms with Crippen LogP contribution in [0.5, 0.6) is 0 Å². The van der Waals surface area contributed by atoms with E-state index in [1.54, 1.807) is 0 Å². The second-order valence-corrected chi connectivity index (χ2v) is 3.37. The van der Waals surface area contributed by atoms with Gasteiger partial charge in [-0.25, -0.2) is 4.98 Å². The largest absolute Gasteiger partial charge is 0.375 e. The molecule has 0 amide bonds. The fraction of sp³-hybridized carbons (Fsp3) is 0.222. The number of rotatable bonds is 2. The van der Waals surface area contributed by atoms with Gasteiger partial charge in [0.1, 0.15) is 0 Å². The van der Waals surface area contributed by atoms with Crippen molar-refractivity contribution in [1.82, 2.24) is 4.98 Å². The van der Waals surface area contributed by atoms with Gasteiger partial charge < -0.3 is 5.73 Å². The molecular formula is C9H12N2S. The molecule has 0 aromatic carbocycles. The topological polar surface area (TPSA) is 38.9 Å². The van der Waals surface area contributed by atoms with Crippen LogP contribution in [0.2, 0.25) is 0 Å². The summed E-state index contributed by atoms with van der Waals surface area (Å²) in [4.78, 5) is 4.10. The molecule has 0 spiro atoms. The van der Waals surface area contributed by atoms with E-state index < -0.39 is 0 Å². The van der Waals surface area contributed by atoms with Crippen molar-refractivity contribution in [2.45, 2.75) is 13.8 Å². The van der Waals surface area contributed by atoms with Gasteiger partial charge in [-0.3, -0.25) is 0 Å². The SMILES string of the molecule is C/C=C(C)\C=C\c1csc(N)n1. The van der Waals surface area contributed by atoms with Crippen molar-refractivity contribution in [2.24, 2.45) is 0 Å². The molecule has 12 heavy (non-hydrogen) atoms. The third-order valence-electron chi connectivity index (χ3n) is 1.51. The number of nitrogens with zero attached hydrogens (tertiary/aromatic N) is 1. The Labute approximate surface area is 76.4 Å². The van der Waals surface area contributed by atoms with Crippen molar-refractivity contribution < 1.29 is 0 Å². The molecule has 1 aromatic heterocycles. The second-order valence-electron chi connectivity index (χ2n) is 2.48. The van der Waals surface area contributed by atoms with Gasteiger partial charge in [0.25, 0.3) is 0 Å². The summed E-state index contributed by atoms with van der Waals surface area (Å²) in [5.41, 5.74) is 7.63. The van der Waals surface area contributed by atoms with E-state index in [0.29, 0.717) is 5.13 Å². The lowest BCUT2D eigenvalue weighted by Crippen LogP contribution is -1.80. The van der Waals surface area contributed by atoms with Crippen LogP contribution in [0.1, 0.15) is 19.5 Å². The number of thiazole rings is 1. The first-order valence-corrected chi connectivity index (χ1v) is 4.62. The Kier molecular flexibility index (Phi) is 3.05. The fourth-order valence-electron chi connectivity index (χ4n) is 0.690. The number of nitrogens with two attached hydrogens (primary N) is 1. The summed E-state index contributed by atoms with van der Waals surface area (Å²) in [7, 11) is 0. The Morgan fingerprint density at radius 1 is 1.67 bits per heavy atom. The van der Waals surface area contributed by atoms with Gasteiger partial charge in [-0.1, -0.05) is 17.7 Å². The zero-order valence-corrected chi connectivity index (χ0v) is 8.06. The molecule has 0 saturated heterocycles. The summed E-state index contributed by atoms with van der Waals surface area (Å²) in [5.74, 6) is 0. The molecule has 1 aromatic rings. The Bertz CT molecular complexity index is 310. The van der Waals surface area contributed by atoms with Gasteiger partial charge in [-0.05, 0) is 19.9 Å². The van der Waals surface area contributed by atoms with Crippen molar-refractivity contribution in [3.05, 3.63) is 28.8 Å². The molecule has 0 aliphatic rings. The van der Waals surface area contributed by atoms with Crippen LogP contribution in [-0.2, 0) is 0 Å². The van der Waals surface area contributed by atoms with E-state index in [1.807, 2.05) is 37.5 Å². The first-order chi connectivity index (χ1) is 5.72. The standard InChI is InChI=1S/C9H12N2S/c1-3-7(2)4-5-8-6-12-9(10)11-8/h3-6H,1-2H3,(H2,10,11)/b5-4+,7-3-. The quantitative estimate of drug-likeness (QED) is 0.711. The normalized spacial score (nSPS) is 12.7. The number of hydrogen-bond donors (Lipinski definition) is 1. The number of nitrogen functional groups attached to an aromatic ring is 1. The minimum absolute atomic E-state index is 0.618. The number of hydrogen-bond acceptors (Lipinski definition) is 3.